The Labute approximate surface area is 188 Å². The van der Waals surface area contributed by atoms with E-state index in [0.29, 0.717) is 12.3 Å². The molecule has 0 aliphatic carbocycles. The van der Waals surface area contributed by atoms with Gasteiger partial charge in [0, 0.05) is 57.7 Å². The van der Waals surface area contributed by atoms with Crippen LogP contribution in [0.2, 0.25) is 0 Å². The van der Waals surface area contributed by atoms with Crippen molar-refractivity contribution in [1.82, 2.24) is 10.0 Å². The Bertz CT molecular complexity index is 720. The van der Waals surface area contributed by atoms with E-state index in [4.69, 9.17) is 0 Å². The van der Waals surface area contributed by atoms with Gasteiger partial charge >= 0.3 is 0 Å². The van der Waals surface area contributed by atoms with E-state index in [0.717, 1.165) is 24.2 Å². The van der Waals surface area contributed by atoms with Gasteiger partial charge in [0.05, 0.1) is 6.04 Å². The number of nitrogens with zero attached hydrogens (tertiary/aromatic N) is 5. The van der Waals surface area contributed by atoms with Gasteiger partial charge in [-0.25, -0.2) is 0 Å². The van der Waals surface area contributed by atoms with Crippen LogP contribution >= 0.6 is 0 Å². The zero-order chi connectivity index (χ0) is 23.4. The lowest BCUT2D eigenvalue weighted by Gasteiger charge is -2.29. The molecule has 0 aromatic heterocycles. The van der Waals surface area contributed by atoms with Crippen LogP contribution in [0.3, 0.4) is 0 Å². The molecular formula is C24H42N6O. The van der Waals surface area contributed by atoms with Crippen LogP contribution in [-0.2, 0) is 6.42 Å². The maximum absolute atomic E-state index is 9.35. The Kier molecular flexibility index (Phi) is 11.9. The quantitative estimate of drug-likeness (QED) is 0.195. The first kappa shape index (κ1) is 26.6. The molecule has 1 aromatic carbocycles. The molecule has 31 heavy (non-hydrogen) atoms. The van der Waals surface area contributed by atoms with E-state index in [-0.39, 0.29) is 24.7 Å². The summed E-state index contributed by atoms with van der Waals surface area (Å²) in [6.07, 6.45) is 3.68. The summed E-state index contributed by atoms with van der Waals surface area (Å²) in [5.41, 5.74) is 3.48. The number of hydrogen-bond acceptors (Lipinski definition) is 6. The highest BCUT2D eigenvalue weighted by atomic mass is 16.2. The van der Waals surface area contributed by atoms with Gasteiger partial charge in [0.2, 0.25) is 0 Å². The molecule has 0 aliphatic rings. The number of para-hydroxylation sites is 1. The third-order valence-electron chi connectivity index (χ3n) is 6.20. The zero-order valence-corrected chi connectivity index (χ0v) is 20.4. The maximum Gasteiger partial charge on any atom is 0.0747 e. The Morgan fingerprint density at radius 3 is 2.52 bits per heavy atom. The predicted octanol–water partition coefficient (Wildman–Crippen LogP) is 4.62. The normalized spacial score (nSPS) is 15.9. The van der Waals surface area contributed by atoms with Crippen molar-refractivity contribution < 1.29 is 5.11 Å². The standard InChI is InChI=1S/C24H42N6O/c1-9-18(2)23(26-24-13-11-10-12-22(24)15-17-31)14-16-29(7)28-27-20(4)19(3)21(5)30(8)25-6/h9-13,19-21,23,26,31H,6,14-17H2,1-5,7-8H3/b18-9+,28-27?/t19-,20?,21?,23?/m0/s1. The predicted molar refractivity (Wildman–Crippen MR) is 132 cm³/mol. The molecule has 0 heterocycles. The topological polar surface area (TPSA) is 75.8 Å². The van der Waals surface area contributed by atoms with Crippen LogP contribution in [0.15, 0.2) is 51.4 Å². The van der Waals surface area contributed by atoms with Crippen LogP contribution < -0.4 is 5.32 Å². The molecule has 174 valence electrons. The number of nitrogens with one attached hydrogen (secondary N) is 1. The summed E-state index contributed by atoms with van der Waals surface area (Å²) in [6, 6.07) is 8.67. The molecule has 0 saturated heterocycles. The third kappa shape index (κ3) is 8.69. The van der Waals surface area contributed by atoms with Crippen molar-refractivity contribution in [3.05, 3.63) is 41.5 Å². The minimum atomic E-state index is 0.0817. The van der Waals surface area contributed by atoms with E-state index < -0.39 is 0 Å². The summed E-state index contributed by atoms with van der Waals surface area (Å²) >= 11 is 0. The van der Waals surface area contributed by atoms with E-state index >= 15 is 0 Å². The van der Waals surface area contributed by atoms with E-state index in [1.165, 1.54) is 5.57 Å². The molecule has 7 nitrogen and oxygen atoms in total. The minimum Gasteiger partial charge on any atom is -0.396 e. The molecule has 0 aliphatic heterocycles. The molecule has 0 radical (unpaired) electrons. The monoisotopic (exact) mass is 430 g/mol. The van der Waals surface area contributed by atoms with E-state index in [9.17, 15) is 5.11 Å². The highest BCUT2D eigenvalue weighted by Crippen LogP contribution is 2.21. The average molecular weight is 431 g/mol. The smallest absolute Gasteiger partial charge is 0.0747 e. The van der Waals surface area contributed by atoms with Gasteiger partial charge in [-0.2, -0.15) is 10.2 Å². The number of hydrazone groups is 1. The second kappa shape index (κ2) is 13.8. The van der Waals surface area contributed by atoms with Crippen molar-refractivity contribution in [2.75, 3.05) is 32.6 Å². The van der Waals surface area contributed by atoms with Crippen molar-refractivity contribution in [3.63, 3.8) is 0 Å². The first-order valence-electron chi connectivity index (χ1n) is 11.1. The van der Waals surface area contributed by atoms with Crippen LogP contribution in [-0.4, -0.2) is 67.2 Å². The number of aliphatic hydroxyl groups is 1. The molecule has 2 N–H and O–H groups in total. The van der Waals surface area contributed by atoms with Gasteiger partial charge < -0.3 is 10.4 Å². The number of aliphatic hydroxyl groups excluding tert-OH is 1. The van der Waals surface area contributed by atoms with Crippen molar-refractivity contribution in [2.45, 2.75) is 65.6 Å². The fraction of sp³-hybridized carbons (Fsp3) is 0.625. The number of benzene rings is 1. The minimum absolute atomic E-state index is 0.0817. The second-order valence-corrected chi connectivity index (χ2v) is 8.29. The lowest BCUT2D eigenvalue weighted by Crippen LogP contribution is -2.35. The molecule has 0 amide bonds. The number of hydrogen-bond donors (Lipinski definition) is 2. The summed E-state index contributed by atoms with van der Waals surface area (Å²) in [7, 11) is 3.89. The Morgan fingerprint density at radius 1 is 1.23 bits per heavy atom. The van der Waals surface area contributed by atoms with Crippen molar-refractivity contribution in [2.24, 2.45) is 21.4 Å². The summed E-state index contributed by atoms with van der Waals surface area (Å²) in [5.74, 6) is 0.301. The number of allylic oxidation sites excluding steroid dienone is 1. The third-order valence-corrected chi connectivity index (χ3v) is 6.20. The van der Waals surface area contributed by atoms with Gasteiger partial charge in [0.25, 0.3) is 0 Å². The van der Waals surface area contributed by atoms with E-state index in [2.05, 4.69) is 80.3 Å². The summed E-state index contributed by atoms with van der Waals surface area (Å²) < 4.78 is 0. The number of anilines is 1. The molecule has 4 atom stereocenters. The van der Waals surface area contributed by atoms with Crippen LogP contribution in [0.5, 0.6) is 0 Å². The van der Waals surface area contributed by atoms with E-state index in [1.807, 2.05) is 36.2 Å². The van der Waals surface area contributed by atoms with Gasteiger partial charge in [-0.1, -0.05) is 42.0 Å². The molecule has 0 fully saturated rings. The summed E-state index contributed by atoms with van der Waals surface area (Å²) in [6.45, 7) is 15.1. The average Bonchev–Trinajstić information content (AvgIpc) is 2.79. The fourth-order valence-electron chi connectivity index (χ4n) is 3.31. The van der Waals surface area contributed by atoms with Crippen LogP contribution in [0.1, 0.15) is 46.6 Å². The van der Waals surface area contributed by atoms with Gasteiger partial charge in [0.15, 0.2) is 0 Å². The zero-order valence-electron chi connectivity index (χ0n) is 20.4. The molecule has 1 aromatic rings. The van der Waals surface area contributed by atoms with Crippen LogP contribution in [0.25, 0.3) is 0 Å². The first-order valence-corrected chi connectivity index (χ1v) is 11.1. The second-order valence-electron chi connectivity index (χ2n) is 8.29. The molecule has 0 spiro atoms. The van der Waals surface area contributed by atoms with Crippen molar-refractivity contribution >= 4 is 12.4 Å². The van der Waals surface area contributed by atoms with Gasteiger partial charge in [0.1, 0.15) is 0 Å². The Balaban J connectivity index is 2.73. The SMILES string of the molecule is C=NN(C)C(C)[C@@H](C)C(C)N=NN(C)CCC(Nc1ccccc1CCO)/C(C)=C/C. The lowest BCUT2D eigenvalue weighted by atomic mass is 9.96. The molecule has 0 bridgehead atoms. The highest BCUT2D eigenvalue weighted by molar-refractivity contribution is 5.53. The Hall–Kier alpha value is -2.41. The first-order chi connectivity index (χ1) is 14.7. The van der Waals surface area contributed by atoms with Gasteiger partial charge in [-0.15, -0.1) is 0 Å². The molecule has 3 unspecified atom stereocenters. The van der Waals surface area contributed by atoms with Crippen molar-refractivity contribution in [3.8, 4) is 0 Å². The summed E-state index contributed by atoms with van der Waals surface area (Å²) in [4.78, 5) is 0. The van der Waals surface area contributed by atoms with Crippen molar-refractivity contribution in [1.29, 1.82) is 0 Å². The van der Waals surface area contributed by atoms with Gasteiger partial charge in [-0.3, -0.25) is 10.0 Å². The van der Waals surface area contributed by atoms with Crippen LogP contribution in [0.4, 0.5) is 5.69 Å². The molecule has 1 rings (SSSR count). The Morgan fingerprint density at radius 2 is 1.90 bits per heavy atom. The molecule has 7 heteroatoms. The largest absolute Gasteiger partial charge is 0.396 e. The molecular weight excluding hydrogens is 388 g/mol. The maximum atomic E-state index is 9.35. The fourth-order valence-corrected chi connectivity index (χ4v) is 3.31. The molecule has 0 saturated carbocycles. The van der Waals surface area contributed by atoms with Gasteiger partial charge in [-0.05, 0) is 52.2 Å². The summed E-state index contributed by atoms with van der Waals surface area (Å²) in [5, 5.41) is 29.7. The highest BCUT2D eigenvalue weighted by Gasteiger charge is 2.22. The van der Waals surface area contributed by atoms with E-state index in [1.54, 1.807) is 0 Å². The van der Waals surface area contributed by atoms with Crippen LogP contribution in [0, 0.1) is 5.92 Å². The lowest BCUT2D eigenvalue weighted by molar-refractivity contribution is 0.186. The number of rotatable bonds is 14.